The fraction of sp³-hybridized carbons (Fsp3) is 0.0667. The van der Waals surface area contributed by atoms with Gasteiger partial charge in [0.2, 0.25) is 0 Å². The van der Waals surface area contributed by atoms with Crippen molar-refractivity contribution in [1.29, 1.82) is 0 Å². The molecule has 102 valence electrons. The second-order valence-corrected chi connectivity index (χ2v) is 4.25. The number of nitrogens with one attached hydrogen (secondary N) is 1. The second-order valence-electron chi connectivity index (χ2n) is 4.25. The van der Waals surface area contributed by atoms with E-state index in [1.165, 1.54) is 18.2 Å². The Morgan fingerprint density at radius 2 is 1.65 bits per heavy atom. The fourth-order valence-corrected chi connectivity index (χ4v) is 1.84. The smallest absolute Gasteiger partial charge is 0.337 e. The first-order chi connectivity index (χ1) is 9.50. The highest BCUT2D eigenvalue weighted by molar-refractivity contribution is 6.08. The number of benzene rings is 2. The van der Waals surface area contributed by atoms with Crippen molar-refractivity contribution in [1.82, 2.24) is 0 Å². The third kappa shape index (κ3) is 2.61. The average molecular weight is 271 g/mol. The predicted molar refractivity (Wildman–Crippen MR) is 74.2 cm³/mol. The molecule has 2 aromatic carbocycles. The molecular formula is C15H13NO4. The van der Waals surface area contributed by atoms with Gasteiger partial charge in [-0.05, 0) is 31.2 Å². The van der Waals surface area contributed by atoms with Crippen LogP contribution >= 0.6 is 0 Å². The van der Waals surface area contributed by atoms with Crippen molar-refractivity contribution in [3.05, 3.63) is 59.2 Å². The number of hydrogen-bond acceptors (Lipinski definition) is 3. The van der Waals surface area contributed by atoms with Crippen molar-refractivity contribution in [3.8, 4) is 5.75 Å². The van der Waals surface area contributed by atoms with Crippen molar-refractivity contribution in [2.24, 2.45) is 0 Å². The van der Waals surface area contributed by atoms with Gasteiger partial charge in [0.05, 0.1) is 11.3 Å². The van der Waals surface area contributed by atoms with Gasteiger partial charge >= 0.3 is 5.97 Å². The molecule has 1 amide bonds. The lowest BCUT2D eigenvalue weighted by Gasteiger charge is -2.10. The van der Waals surface area contributed by atoms with E-state index in [1.807, 2.05) is 0 Å². The molecule has 5 heteroatoms. The van der Waals surface area contributed by atoms with E-state index < -0.39 is 11.9 Å². The number of carboxylic acid groups (broad SMARTS) is 1. The summed E-state index contributed by atoms with van der Waals surface area (Å²) in [5.41, 5.74) is 0.967. The van der Waals surface area contributed by atoms with E-state index in [9.17, 15) is 14.7 Å². The number of anilines is 1. The molecule has 0 fully saturated rings. The Morgan fingerprint density at radius 1 is 1.00 bits per heavy atom. The molecule has 0 saturated heterocycles. The van der Waals surface area contributed by atoms with Gasteiger partial charge < -0.3 is 15.5 Å². The molecule has 0 saturated carbocycles. The normalized spacial score (nSPS) is 10.1. The fourth-order valence-electron chi connectivity index (χ4n) is 1.84. The number of amides is 1. The van der Waals surface area contributed by atoms with Crippen molar-refractivity contribution in [3.63, 3.8) is 0 Å². The third-order valence-electron chi connectivity index (χ3n) is 2.96. The quantitative estimate of drug-likeness (QED) is 0.801. The van der Waals surface area contributed by atoms with Crippen molar-refractivity contribution >= 4 is 17.6 Å². The second kappa shape index (κ2) is 5.44. The molecule has 0 radical (unpaired) electrons. The van der Waals surface area contributed by atoms with Crippen LogP contribution in [0.3, 0.4) is 0 Å². The zero-order chi connectivity index (χ0) is 14.7. The standard InChI is InChI=1S/C15H13NO4/c1-9-10(6-4-8-13(9)17)14(18)16-12-7-3-2-5-11(12)15(19)20/h2-8,17H,1H3,(H,16,18)(H,19,20). The van der Waals surface area contributed by atoms with Gasteiger partial charge in [0.25, 0.3) is 5.91 Å². The summed E-state index contributed by atoms with van der Waals surface area (Å²) in [4.78, 5) is 23.2. The van der Waals surface area contributed by atoms with E-state index in [2.05, 4.69) is 5.32 Å². The number of aromatic carboxylic acids is 1. The summed E-state index contributed by atoms with van der Waals surface area (Å²) < 4.78 is 0. The number of phenolic OH excluding ortho intramolecular Hbond substituents is 1. The van der Waals surface area contributed by atoms with Gasteiger partial charge in [-0.25, -0.2) is 4.79 Å². The summed E-state index contributed by atoms with van der Waals surface area (Å²) in [6.07, 6.45) is 0. The van der Waals surface area contributed by atoms with Crippen LogP contribution in [-0.2, 0) is 0 Å². The minimum atomic E-state index is -1.12. The van der Waals surface area contributed by atoms with Gasteiger partial charge in [0.15, 0.2) is 0 Å². The first kappa shape index (κ1) is 13.6. The highest BCUT2D eigenvalue weighted by atomic mass is 16.4. The molecule has 0 bridgehead atoms. The highest BCUT2D eigenvalue weighted by Crippen LogP contribution is 2.22. The summed E-state index contributed by atoms with van der Waals surface area (Å²) in [6.45, 7) is 1.62. The topological polar surface area (TPSA) is 86.6 Å². The van der Waals surface area contributed by atoms with Crippen LogP contribution in [0.4, 0.5) is 5.69 Å². The molecule has 5 nitrogen and oxygen atoms in total. The largest absolute Gasteiger partial charge is 0.508 e. The Kier molecular flexibility index (Phi) is 3.70. The Balaban J connectivity index is 2.33. The van der Waals surface area contributed by atoms with Gasteiger partial charge in [-0.3, -0.25) is 4.79 Å². The maximum atomic E-state index is 12.1. The van der Waals surface area contributed by atoms with Crippen LogP contribution in [0.25, 0.3) is 0 Å². The molecule has 0 heterocycles. The number of rotatable bonds is 3. The first-order valence-corrected chi connectivity index (χ1v) is 5.93. The van der Waals surface area contributed by atoms with Crippen LogP contribution in [0.1, 0.15) is 26.3 Å². The van der Waals surface area contributed by atoms with Crippen LogP contribution in [0.5, 0.6) is 5.75 Å². The molecule has 20 heavy (non-hydrogen) atoms. The molecule has 0 atom stereocenters. The number of carboxylic acids is 1. The van der Waals surface area contributed by atoms with Gasteiger partial charge in [0, 0.05) is 11.1 Å². The van der Waals surface area contributed by atoms with Crippen LogP contribution in [-0.4, -0.2) is 22.1 Å². The van der Waals surface area contributed by atoms with Gasteiger partial charge in [0.1, 0.15) is 5.75 Å². The highest BCUT2D eigenvalue weighted by Gasteiger charge is 2.15. The van der Waals surface area contributed by atoms with E-state index in [1.54, 1.807) is 31.2 Å². The van der Waals surface area contributed by atoms with E-state index in [0.29, 0.717) is 11.1 Å². The zero-order valence-electron chi connectivity index (χ0n) is 10.8. The van der Waals surface area contributed by atoms with Gasteiger partial charge in [-0.1, -0.05) is 18.2 Å². The lowest BCUT2D eigenvalue weighted by atomic mass is 10.1. The van der Waals surface area contributed by atoms with Crippen molar-refractivity contribution in [2.45, 2.75) is 6.92 Å². The molecule has 0 aliphatic carbocycles. The summed E-state index contributed by atoms with van der Waals surface area (Å²) in [6, 6.07) is 10.7. The zero-order valence-corrected chi connectivity index (χ0v) is 10.8. The molecular weight excluding hydrogens is 258 g/mol. The molecule has 0 aromatic heterocycles. The molecule has 2 aromatic rings. The molecule has 0 aliphatic heterocycles. The molecule has 2 rings (SSSR count). The molecule has 3 N–H and O–H groups in total. The van der Waals surface area contributed by atoms with Gasteiger partial charge in [-0.2, -0.15) is 0 Å². The Bertz CT molecular complexity index is 679. The van der Waals surface area contributed by atoms with Crippen molar-refractivity contribution < 1.29 is 19.8 Å². The van der Waals surface area contributed by atoms with E-state index in [-0.39, 0.29) is 17.0 Å². The monoisotopic (exact) mass is 271 g/mol. The molecule has 0 spiro atoms. The van der Waals surface area contributed by atoms with Crippen LogP contribution in [0.15, 0.2) is 42.5 Å². The van der Waals surface area contributed by atoms with E-state index in [4.69, 9.17) is 5.11 Å². The van der Waals surface area contributed by atoms with Crippen LogP contribution in [0, 0.1) is 6.92 Å². The summed E-state index contributed by atoms with van der Waals surface area (Å²) >= 11 is 0. The molecule has 0 unspecified atom stereocenters. The summed E-state index contributed by atoms with van der Waals surface area (Å²) in [5.74, 6) is -1.56. The lowest BCUT2D eigenvalue weighted by molar-refractivity contribution is 0.0698. The first-order valence-electron chi connectivity index (χ1n) is 5.93. The number of para-hydroxylation sites is 1. The van der Waals surface area contributed by atoms with Crippen LogP contribution in [0.2, 0.25) is 0 Å². The average Bonchev–Trinajstić information content (AvgIpc) is 2.42. The molecule has 0 aliphatic rings. The Labute approximate surface area is 115 Å². The van der Waals surface area contributed by atoms with Crippen LogP contribution < -0.4 is 5.32 Å². The summed E-state index contributed by atoms with van der Waals surface area (Å²) in [5, 5.41) is 21.2. The number of carbonyl (C=O) groups excluding carboxylic acids is 1. The number of aromatic hydroxyl groups is 1. The SMILES string of the molecule is Cc1c(O)cccc1C(=O)Nc1ccccc1C(=O)O. The van der Waals surface area contributed by atoms with E-state index >= 15 is 0 Å². The maximum absolute atomic E-state index is 12.1. The number of hydrogen-bond donors (Lipinski definition) is 3. The maximum Gasteiger partial charge on any atom is 0.337 e. The summed E-state index contributed by atoms with van der Waals surface area (Å²) in [7, 11) is 0. The Morgan fingerprint density at radius 3 is 2.35 bits per heavy atom. The van der Waals surface area contributed by atoms with Gasteiger partial charge in [-0.15, -0.1) is 0 Å². The lowest BCUT2D eigenvalue weighted by Crippen LogP contribution is -2.15. The van der Waals surface area contributed by atoms with Crippen molar-refractivity contribution in [2.75, 3.05) is 5.32 Å². The minimum Gasteiger partial charge on any atom is -0.508 e. The minimum absolute atomic E-state index is 0.0126. The predicted octanol–water partition coefficient (Wildman–Crippen LogP) is 2.65. The number of carbonyl (C=O) groups is 2. The van der Waals surface area contributed by atoms with E-state index in [0.717, 1.165) is 0 Å². The Hall–Kier alpha value is -2.82. The number of phenols is 1. The third-order valence-corrected chi connectivity index (χ3v) is 2.96.